The molecule has 0 aliphatic carbocycles. The van der Waals surface area contributed by atoms with Gasteiger partial charge in [-0.3, -0.25) is 9.59 Å². The molecule has 0 spiro atoms. The second-order valence-electron chi connectivity index (χ2n) is 4.83. The number of rotatable bonds is 4. The number of hydrogen-bond acceptors (Lipinski definition) is 3. The van der Waals surface area contributed by atoms with Gasteiger partial charge < -0.3 is 9.64 Å². The lowest BCUT2D eigenvalue weighted by molar-refractivity contribution is -0.129. The predicted octanol–water partition coefficient (Wildman–Crippen LogP) is 3.26. The molecule has 0 N–H and O–H groups in total. The molecule has 0 unspecified atom stereocenters. The molecular weight excluding hydrogens is 266 g/mol. The fourth-order valence-electron chi connectivity index (χ4n) is 1.92. The Bertz CT molecular complexity index is 679. The van der Waals surface area contributed by atoms with Crippen LogP contribution in [0.15, 0.2) is 42.5 Å². The molecule has 0 saturated carbocycles. The number of carbonyl (C=O) groups is 2. The number of likely N-dealkylation sites (N-methyl/N-ethyl adjacent to an activating group) is 1. The van der Waals surface area contributed by atoms with Crippen molar-refractivity contribution in [3.63, 3.8) is 0 Å². The summed E-state index contributed by atoms with van der Waals surface area (Å²) in [6, 6.07) is 12.9. The third-order valence-corrected chi connectivity index (χ3v) is 3.36. The highest BCUT2D eigenvalue weighted by Gasteiger charge is 2.14. The molecular formula is C17H17NO3. The van der Waals surface area contributed by atoms with Crippen molar-refractivity contribution in [3.05, 3.63) is 53.6 Å². The second-order valence-corrected chi connectivity index (χ2v) is 4.83. The molecule has 1 amide bonds. The summed E-state index contributed by atoms with van der Waals surface area (Å²) in [5.74, 6) is 0.599. The van der Waals surface area contributed by atoms with Crippen LogP contribution in [0.25, 0.3) is 0 Å². The highest BCUT2D eigenvalue weighted by atomic mass is 16.5. The SMILES string of the molecule is Cc1ccc(Oc2ccccc2N(C)C(=O)C=O)cc1C. The fraction of sp³-hybridized carbons (Fsp3) is 0.176. The molecule has 0 aliphatic heterocycles. The van der Waals surface area contributed by atoms with Crippen molar-refractivity contribution in [1.82, 2.24) is 0 Å². The topological polar surface area (TPSA) is 46.6 Å². The van der Waals surface area contributed by atoms with E-state index in [0.29, 0.717) is 17.2 Å². The first-order valence-electron chi connectivity index (χ1n) is 6.60. The zero-order valence-corrected chi connectivity index (χ0v) is 12.3. The van der Waals surface area contributed by atoms with Gasteiger partial charge in [0.1, 0.15) is 5.75 Å². The van der Waals surface area contributed by atoms with Crippen LogP contribution in [0, 0.1) is 13.8 Å². The number of ether oxygens (including phenoxy) is 1. The molecule has 2 rings (SSSR count). The van der Waals surface area contributed by atoms with Crippen LogP contribution in [0.4, 0.5) is 5.69 Å². The van der Waals surface area contributed by atoms with Crippen LogP contribution in [-0.4, -0.2) is 19.2 Å². The van der Waals surface area contributed by atoms with Gasteiger partial charge in [-0.25, -0.2) is 0 Å². The number of benzene rings is 2. The number of aldehydes is 1. The van der Waals surface area contributed by atoms with Crippen molar-refractivity contribution in [1.29, 1.82) is 0 Å². The minimum Gasteiger partial charge on any atom is -0.455 e. The number of nitrogens with zero attached hydrogens (tertiary/aromatic N) is 1. The van der Waals surface area contributed by atoms with E-state index in [4.69, 9.17) is 4.74 Å². The highest BCUT2D eigenvalue weighted by molar-refractivity contribution is 6.30. The predicted molar refractivity (Wildman–Crippen MR) is 81.9 cm³/mol. The maximum Gasteiger partial charge on any atom is 0.290 e. The minimum absolute atomic E-state index is 0.285. The Kier molecular flexibility index (Phi) is 4.38. The van der Waals surface area contributed by atoms with Crippen molar-refractivity contribution in [2.45, 2.75) is 13.8 Å². The van der Waals surface area contributed by atoms with E-state index in [1.807, 2.05) is 38.1 Å². The maximum atomic E-state index is 11.5. The Labute approximate surface area is 124 Å². The van der Waals surface area contributed by atoms with Gasteiger partial charge in [-0.05, 0) is 49.2 Å². The zero-order chi connectivity index (χ0) is 15.4. The van der Waals surface area contributed by atoms with Gasteiger partial charge >= 0.3 is 0 Å². The number of anilines is 1. The summed E-state index contributed by atoms with van der Waals surface area (Å²) in [6.07, 6.45) is 0.285. The van der Waals surface area contributed by atoms with Gasteiger partial charge in [0.25, 0.3) is 5.91 Å². The summed E-state index contributed by atoms with van der Waals surface area (Å²) < 4.78 is 5.85. The molecule has 0 aliphatic rings. The maximum absolute atomic E-state index is 11.5. The van der Waals surface area contributed by atoms with Gasteiger partial charge in [-0.2, -0.15) is 0 Å². The lowest BCUT2D eigenvalue weighted by atomic mass is 10.1. The Balaban J connectivity index is 2.34. The summed E-state index contributed by atoms with van der Waals surface area (Å²) in [5, 5.41) is 0. The van der Waals surface area contributed by atoms with Crippen molar-refractivity contribution in [2.75, 3.05) is 11.9 Å². The van der Waals surface area contributed by atoms with Gasteiger partial charge in [0.15, 0.2) is 5.75 Å². The van der Waals surface area contributed by atoms with E-state index in [9.17, 15) is 9.59 Å². The Morgan fingerprint density at radius 3 is 2.48 bits per heavy atom. The van der Waals surface area contributed by atoms with Crippen LogP contribution in [0.3, 0.4) is 0 Å². The molecule has 0 radical (unpaired) electrons. The van der Waals surface area contributed by atoms with Crippen molar-refractivity contribution in [3.8, 4) is 11.5 Å². The summed E-state index contributed by atoms with van der Waals surface area (Å²) in [5.41, 5.74) is 2.86. The summed E-state index contributed by atoms with van der Waals surface area (Å²) in [7, 11) is 1.54. The third kappa shape index (κ3) is 3.28. The van der Waals surface area contributed by atoms with Crippen molar-refractivity contribution in [2.24, 2.45) is 0 Å². The molecule has 0 saturated heterocycles. The Hall–Kier alpha value is -2.62. The first-order chi connectivity index (χ1) is 10.0. The first kappa shape index (κ1) is 14.8. The monoisotopic (exact) mass is 283 g/mol. The number of para-hydroxylation sites is 2. The zero-order valence-electron chi connectivity index (χ0n) is 12.3. The van der Waals surface area contributed by atoms with Crippen molar-refractivity contribution >= 4 is 17.9 Å². The Morgan fingerprint density at radius 1 is 1.10 bits per heavy atom. The third-order valence-electron chi connectivity index (χ3n) is 3.36. The second kappa shape index (κ2) is 6.22. The van der Waals surface area contributed by atoms with Crippen LogP contribution in [0.2, 0.25) is 0 Å². The largest absolute Gasteiger partial charge is 0.455 e. The molecule has 2 aromatic carbocycles. The molecule has 4 nitrogen and oxygen atoms in total. The number of aryl methyl sites for hydroxylation is 2. The molecule has 4 heteroatoms. The van der Waals surface area contributed by atoms with Crippen LogP contribution in [-0.2, 0) is 9.59 Å². The standard InChI is InChI=1S/C17H17NO3/c1-12-8-9-14(10-13(12)2)21-16-7-5-4-6-15(16)18(3)17(20)11-19/h4-11H,1-3H3. The van der Waals surface area contributed by atoms with Crippen LogP contribution < -0.4 is 9.64 Å². The average molecular weight is 283 g/mol. The molecule has 21 heavy (non-hydrogen) atoms. The van der Waals surface area contributed by atoms with Gasteiger partial charge in [0.2, 0.25) is 6.29 Å². The van der Waals surface area contributed by atoms with Crippen molar-refractivity contribution < 1.29 is 14.3 Å². The first-order valence-corrected chi connectivity index (χ1v) is 6.60. The molecule has 0 atom stereocenters. The van der Waals surface area contributed by atoms with Crippen LogP contribution >= 0.6 is 0 Å². The van der Waals surface area contributed by atoms with E-state index in [1.165, 1.54) is 10.5 Å². The molecule has 108 valence electrons. The van der Waals surface area contributed by atoms with E-state index >= 15 is 0 Å². The lowest BCUT2D eigenvalue weighted by Crippen LogP contribution is -2.27. The van der Waals surface area contributed by atoms with Gasteiger partial charge in [-0.15, -0.1) is 0 Å². The smallest absolute Gasteiger partial charge is 0.290 e. The highest BCUT2D eigenvalue weighted by Crippen LogP contribution is 2.32. The molecule has 0 fully saturated rings. The number of hydrogen-bond donors (Lipinski definition) is 0. The molecule has 0 aromatic heterocycles. The molecule has 0 heterocycles. The number of amides is 1. The lowest BCUT2D eigenvalue weighted by Gasteiger charge is -2.18. The van der Waals surface area contributed by atoms with E-state index < -0.39 is 5.91 Å². The fourth-order valence-corrected chi connectivity index (χ4v) is 1.92. The average Bonchev–Trinajstić information content (AvgIpc) is 2.50. The Morgan fingerprint density at radius 2 is 1.81 bits per heavy atom. The minimum atomic E-state index is -0.619. The number of carbonyl (C=O) groups excluding carboxylic acids is 2. The summed E-state index contributed by atoms with van der Waals surface area (Å²) in [4.78, 5) is 23.4. The van der Waals surface area contributed by atoms with Crippen LogP contribution in [0.5, 0.6) is 11.5 Å². The van der Waals surface area contributed by atoms with Gasteiger partial charge in [0.05, 0.1) is 5.69 Å². The molecule has 0 bridgehead atoms. The van der Waals surface area contributed by atoms with E-state index in [2.05, 4.69) is 0 Å². The van der Waals surface area contributed by atoms with E-state index in [-0.39, 0.29) is 6.29 Å². The summed E-state index contributed by atoms with van der Waals surface area (Å²) >= 11 is 0. The van der Waals surface area contributed by atoms with Crippen LogP contribution in [0.1, 0.15) is 11.1 Å². The quantitative estimate of drug-likeness (QED) is 0.639. The van der Waals surface area contributed by atoms with E-state index in [1.54, 1.807) is 25.2 Å². The normalized spacial score (nSPS) is 10.0. The van der Waals surface area contributed by atoms with E-state index in [0.717, 1.165) is 5.56 Å². The van der Waals surface area contributed by atoms with Gasteiger partial charge in [0, 0.05) is 7.05 Å². The summed E-state index contributed by atoms with van der Waals surface area (Å²) in [6.45, 7) is 4.04. The van der Waals surface area contributed by atoms with Gasteiger partial charge in [-0.1, -0.05) is 18.2 Å². The molecule has 2 aromatic rings.